The maximum Gasteiger partial charge on any atom is 0.255 e. The first-order valence-corrected chi connectivity index (χ1v) is 5.12. The van der Waals surface area contributed by atoms with Crippen molar-refractivity contribution >= 4 is 29.1 Å². The van der Waals surface area contributed by atoms with E-state index in [2.05, 4.69) is 4.98 Å². The maximum atomic E-state index is 11.9. The molecule has 2 rings (SSSR count). The molecule has 80 valence electrons. The van der Waals surface area contributed by atoms with Crippen molar-refractivity contribution in [2.45, 2.75) is 0 Å². The first-order chi connectivity index (χ1) is 7.16. The lowest BCUT2D eigenvalue weighted by molar-refractivity contribution is 0.0695. The average Bonchev–Trinajstić information content (AvgIpc) is 2.67. The van der Waals surface area contributed by atoms with Crippen LogP contribution in [0.4, 0.5) is 0 Å². The van der Waals surface area contributed by atoms with Crippen LogP contribution in [0.3, 0.4) is 0 Å². The number of pyridine rings is 1. The van der Waals surface area contributed by atoms with Gasteiger partial charge in [0.2, 0.25) is 0 Å². The highest BCUT2D eigenvalue weighted by atomic mass is 35.5. The molecule has 2 heterocycles. The minimum Gasteiger partial charge on any atom is -0.359 e. The number of rotatable bonds is 1. The quantitative estimate of drug-likeness (QED) is 0.711. The van der Waals surface area contributed by atoms with Gasteiger partial charge in [0.05, 0.1) is 6.61 Å². The third kappa shape index (κ3) is 2.40. The summed E-state index contributed by atoms with van der Waals surface area (Å²) in [5, 5.41) is 0.428. The van der Waals surface area contributed by atoms with Gasteiger partial charge < -0.3 is 9.64 Å². The Hall–Kier alpha value is -0.840. The number of carbonyl (C=O) groups excluding carboxylic acids is 1. The highest BCUT2D eigenvalue weighted by Crippen LogP contribution is 2.17. The van der Waals surface area contributed by atoms with Gasteiger partial charge in [-0.2, -0.15) is 0 Å². The third-order valence-corrected chi connectivity index (χ3v) is 2.44. The van der Waals surface area contributed by atoms with E-state index in [0.29, 0.717) is 25.4 Å². The molecule has 1 saturated heterocycles. The Morgan fingerprint density at radius 3 is 2.60 bits per heavy atom. The van der Waals surface area contributed by atoms with Crippen molar-refractivity contribution in [3.8, 4) is 0 Å². The Labute approximate surface area is 96.7 Å². The molecular formula is C9H8Cl2N2O2. The molecule has 0 N–H and O–H groups in total. The zero-order valence-corrected chi connectivity index (χ0v) is 9.25. The van der Waals surface area contributed by atoms with Gasteiger partial charge in [-0.05, 0) is 12.1 Å². The number of aromatic nitrogens is 1. The number of ether oxygens (including phenoxy) is 1. The van der Waals surface area contributed by atoms with E-state index in [9.17, 15) is 4.79 Å². The van der Waals surface area contributed by atoms with Gasteiger partial charge in [0.15, 0.2) is 0 Å². The van der Waals surface area contributed by atoms with E-state index in [1.165, 1.54) is 12.1 Å². The van der Waals surface area contributed by atoms with Crippen LogP contribution < -0.4 is 0 Å². The normalized spacial score (nSPS) is 15.7. The van der Waals surface area contributed by atoms with Crippen LogP contribution in [0.1, 0.15) is 10.4 Å². The zero-order chi connectivity index (χ0) is 10.8. The predicted molar refractivity (Wildman–Crippen MR) is 56.1 cm³/mol. The minimum atomic E-state index is -0.140. The van der Waals surface area contributed by atoms with Crippen molar-refractivity contribution in [1.29, 1.82) is 0 Å². The van der Waals surface area contributed by atoms with Crippen LogP contribution in [0.15, 0.2) is 12.1 Å². The third-order valence-electron chi connectivity index (χ3n) is 2.05. The fraction of sp³-hybridized carbons (Fsp3) is 0.333. The Bertz CT molecular complexity index is 371. The van der Waals surface area contributed by atoms with Crippen LogP contribution in [0, 0.1) is 0 Å². The topological polar surface area (TPSA) is 42.4 Å². The van der Waals surface area contributed by atoms with Crippen molar-refractivity contribution in [1.82, 2.24) is 9.88 Å². The molecular weight excluding hydrogens is 239 g/mol. The largest absolute Gasteiger partial charge is 0.359 e. The van der Waals surface area contributed by atoms with Gasteiger partial charge in [0, 0.05) is 12.1 Å². The molecule has 0 aromatic carbocycles. The lowest BCUT2D eigenvalue weighted by Gasteiger charge is -2.13. The van der Waals surface area contributed by atoms with E-state index in [1.54, 1.807) is 4.90 Å². The van der Waals surface area contributed by atoms with Crippen LogP contribution in [0.25, 0.3) is 0 Å². The smallest absolute Gasteiger partial charge is 0.255 e. The molecule has 0 unspecified atom stereocenters. The Morgan fingerprint density at radius 2 is 2.07 bits per heavy atom. The molecule has 1 fully saturated rings. The molecule has 1 amide bonds. The second-order valence-corrected chi connectivity index (χ2v) is 3.88. The summed E-state index contributed by atoms with van der Waals surface area (Å²) in [4.78, 5) is 17.2. The van der Waals surface area contributed by atoms with E-state index in [1.807, 2.05) is 0 Å². The first-order valence-electron chi connectivity index (χ1n) is 4.37. The molecule has 15 heavy (non-hydrogen) atoms. The number of nitrogens with zero attached hydrogens (tertiary/aromatic N) is 2. The monoisotopic (exact) mass is 246 g/mol. The molecule has 0 spiro atoms. The summed E-state index contributed by atoms with van der Waals surface area (Å²) in [5.41, 5.74) is 0.436. The van der Waals surface area contributed by atoms with Gasteiger partial charge in [0.25, 0.3) is 5.91 Å². The van der Waals surface area contributed by atoms with Gasteiger partial charge in [-0.3, -0.25) is 4.79 Å². The van der Waals surface area contributed by atoms with Crippen LogP contribution in [-0.4, -0.2) is 35.7 Å². The van der Waals surface area contributed by atoms with Crippen molar-refractivity contribution in [3.63, 3.8) is 0 Å². The Kier molecular flexibility index (Phi) is 3.09. The maximum absolute atomic E-state index is 11.9. The molecule has 1 aliphatic rings. The van der Waals surface area contributed by atoms with E-state index in [4.69, 9.17) is 27.9 Å². The Morgan fingerprint density at radius 1 is 1.40 bits per heavy atom. The van der Waals surface area contributed by atoms with Gasteiger partial charge in [-0.25, -0.2) is 4.98 Å². The SMILES string of the molecule is O=C(c1cc(Cl)nc(Cl)c1)N1CCOC1. The summed E-state index contributed by atoms with van der Waals surface area (Å²) >= 11 is 11.4. The zero-order valence-electron chi connectivity index (χ0n) is 7.74. The first kappa shape index (κ1) is 10.7. The fourth-order valence-electron chi connectivity index (χ4n) is 1.35. The van der Waals surface area contributed by atoms with Crippen molar-refractivity contribution in [2.24, 2.45) is 0 Å². The number of hydrogen-bond acceptors (Lipinski definition) is 3. The number of halogens is 2. The number of hydrogen-bond donors (Lipinski definition) is 0. The summed E-state index contributed by atoms with van der Waals surface area (Å²) in [6, 6.07) is 2.99. The van der Waals surface area contributed by atoms with E-state index < -0.39 is 0 Å². The molecule has 0 saturated carbocycles. The van der Waals surface area contributed by atoms with Crippen LogP contribution in [0.2, 0.25) is 10.3 Å². The van der Waals surface area contributed by atoms with E-state index >= 15 is 0 Å². The summed E-state index contributed by atoms with van der Waals surface area (Å²) < 4.78 is 5.08. The van der Waals surface area contributed by atoms with Gasteiger partial charge in [0.1, 0.15) is 17.0 Å². The second kappa shape index (κ2) is 4.35. The summed E-state index contributed by atoms with van der Waals surface area (Å²) in [7, 11) is 0. The predicted octanol–water partition coefficient (Wildman–Crippen LogP) is 1.82. The number of carbonyl (C=O) groups is 1. The number of amides is 1. The summed E-state index contributed by atoms with van der Waals surface area (Å²) in [6.07, 6.45) is 0. The molecule has 1 aromatic rings. The highest BCUT2D eigenvalue weighted by Gasteiger charge is 2.20. The Balaban J connectivity index is 2.24. The molecule has 0 atom stereocenters. The van der Waals surface area contributed by atoms with Gasteiger partial charge >= 0.3 is 0 Å². The van der Waals surface area contributed by atoms with Crippen LogP contribution in [0.5, 0.6) is 0 Å². The lowest BCUT2D eigenvalue weighted by Crippen LogP contribution is -2.28. The van der Waals surface area contributed by atoms with Gasteiger partial charge in [-0.15, -0.1) is 0 Å². The second-order valence-electron chi connectivity index (χ2n) is 3.11. The molecule has 0 aliphatic carbocycles. The lowest BCUT2D eigenvalue weighted by atomic mass is 10.2. The summed E-state index contributed by atoms with van der Waals surface area (Å²) in [5.74, 6) is -0.140. The average molecular weight is 247 g/mol. The highest BCUT2D eigenvalue weighted by molar-refractivity contribution is 6.33. The fourth-order valence-corrected chi connectivity index (χ4v) is 1.81. The van der Waals surface area contributed by atoms with Crippen molar-refractivity contribution in [3.05, 3.63) is 28.0 Å². The molecule has 0 radical (unpaired) electrons. The van der Waals surface area contributed by atoms with Crippen LogP contribution in [-0.2, 0) is 4.74 Å². The molecule has 1 aromatic heterocycles. The minimum absolute atomic E-state index is 0.140. The van der Waals surface area contributed by atoms with E-state index in [0.717, 1.165) is 0 Å². The molecule has 0 bridgehead atoms. The van der Waals surface area contributed by atoms with Crippen molar-refractivity contribution in [2.75, 3.05) is 19.9 Å². The standard InChI is InChI=1S/C9H8Cl2N2O2/c10-7-3-6(4-8(11)12-7)9(14)13-1-2-15-5-13/h3-4H,1-2,5H2. The summed E-state index contributed by atoms with van der Waals surface area (Å²) in [6.45, 7) is 1.48. The van der Waals surface area contributed by atoms with Crippen molar-refractivity contribution < 1.29 is 9.53 Å². The van der Waals surface area contributed by atoms with E-state index in [-0.39, 0.29) is 16.2 Å². The molecule has 1 aliphatic heterocycles. The molecule has 6 heteroatoms. The van der Waals surface area contributed by atoms with Crippen LogP contribution >= 0.6 is 23.2 Å². The van der Waals surface area contributed by atoms with Gasteiger partial charge in [-0.1, -0.05) is 23.2 Å². The molecule has 4 nitrogen and oxygen atoms in total.